The van der Waals surface area contributed by atoms with E-state index in [1.54, 1.807) is 4.90 Å². The van der Waals surface area contributed by atoms with Gasteiger partial charge in [0.25, 0.3) is 0 Å². The van der Waals surface area contributed by atoms with E-state index in [2.05, 4.69) is 52.2 Å². The second-order valence-electron chi connectivity index (χ2n) is 7.18. The maximum atomic E-state index is 12.6. The molecule has 1 aliphatic heterocycles. The molecule has 0 aliphatic carbocycles. The lowest BCUT2D eigenvalue weighted by molar-refractivity contribution is 0.0730. The van der Waals surface area contributed by atoms with Crippen molar-refractivity contribution in [2.24, 2.45) is 0 Å². The summed E-state index contributed by atoms with van der Waals surface area (Å²) in [5, 5.41) is 10.6. The minimum atomic E-state index is -1.11. The Morgan fingerprint density at radius 3 is 2.48 bits per heavy atom. The van der Waals surface area contributed by atoms with Crippen molar-refractivity contribution in [3.05, 3.63) is 50.9 Å². The maximum absolute atomic E-state index is 12.6. The number of halogens is 2. The van der Waals surface area contributed by atoms with Crippen LogP contribution in [0.4, 0.5) is 4.79 Å². The van der Waals surface area contributed by atoms with Crippen LogP contribution in [-0.2, 0) is 22.1 Å². The van der Waals surface area contributed by atoms with Crippen LogP contribution in [0.2, 0.25) is 0 Å². The van der Waals surface area contributed by atoms with Crippen molar-refractivity contribution in [2.75, 3.05) is 38.5 Å². The normalized spacial score (nSPS) is 15.9. The first-order valence-corrected chi connectivity index (χ1v) is 12.7. The summed E-state index contributed by atoms with van der Waals surface area (Å²) < 4.78 is 20.0. The van der Waals surface area contributed by atoms with Gasteiger partial charge in [-0.05, 0) is 42.0 Å². The summed E-state index contributed by atoms with van der Waals surface area (Å²) in [4.78, 5) is 17.1. The first kappa shape index (κ1) is 22.4. The van der Waals surface area contributed by atoms with E-state index < -0.39 is 10.8 Å². The second-order valence-corrected chi connectivity index (χ2v) is 10.6. The molecule has 0 spiro atoms. The molecule has 11 heteroatoms. The molecule has 0 bridgehead atoms. The predicted octanol–water partition coefficient (Wildman–Crippen LogP) is 3.54. The van der Waals surface area contributed by atoms with Crippen LogP contribution in [0.3, 0.4) is 0 Å². The molecule has 1 amide bonds. The number of fused-ring (bicyclic) bond motifs is 1. The van der Waals surface area contributed by atoms with E-state index in [-0.39, 0.29) is 12.7 Å². The number of ether oxygens (including phenoxy) is 1. The zero-order valence-electron chi connectivity index (χ0n) is 16.6. The number of benzene rings is 2. The lowest BCUT2D eigenvalue weighted by Gasteiger charge is -2.33. The van der Waals surface area contributed by atoms with Crippen LogP contribution < -0.4 is 0 Å². The van der Waals surface area contributed by atoms with Crippen molar-refractivity contribution in [3.8, 4) is 0 Å². The van der Waals surface area contributed by atoms with Crippen molar-refractivity contribution in [2.45, 2.75) is 11.5 Å². The SMILES string of the molecule is O=C(OCc1cc(Br)cc(Br)c1)N1CCN(CC[S@@](=O)c2ccc3n[nH]nc3c2)CC1. The van der Waals surface area contributed by atoms with Crippen LogP contribution in [-0.4, -0.2) is 74.0 Å². The molecule has 1 N–H and O–H groups in total. The number of nitrogens with zero attached hydrogens (tertiary/aromatic N) is 4. The topological polar surface area (TPSA) is 91.4 Å². The van der Waals surface area contributed by atoms with Crippen molar-refractivity contribution >= 4 is 59.8 Å². The lowest BCUT2D eigenvalue weighted by atomic mass is 10.2. The first-order valence-electron chi connectivity index (χ1n) is 9.76. The number of aromatic amines is 1. The standard InChI is InChI=1S/C20H21Br2N5O3S/c21-15-9-14(10-16(22)11-15)13-30-20(28)27-5-3-26(4-6-27)7-8-31(29)17-1-2-18-19(12-17)24-25-23-18/h1-2,9-12H,3-8,13H2,(H,23,24,25)/t31-/m1/s1. The largest absolute Gasteiger partial charge is 0.445 e. The minimum Gasteiger partial charge on any atom is -0.445 e. The molecule has 31 heavy (non-hydrogen) atoms. The van der Waals surface area contributed by atoms with E-state index in [1.807, 2.05) is 36.4 Å². The first-order chi connectivity index (χ1) is 15.0. The third-order valence-electron chi connectivity index (χ3n) is 5.06. The van der Waals surface area contributed by atoms with E-state index in [0.29, 0.717) is 30.9 Å². The molecular formula is C20H21Br2N5O3S. The average molecular weight is 571 g/mol. The molecule has 3 aromatic rings. The highest BCUT2D eigenvalue weighted by molar-refractivity contribution is 9.11. The number of hydrogen-bond donors (Lipinski definition) is 1. The van der Waals surface area contributed by atoms with Gasteiger partial charge < -0.3 is 9.64 Å². The van der Waals surface area contributed by atoms with Crippen molar-refractivity contribution in [3.63, 3.8) is 0 Å². The Kier molecular flexibility index (Phi) is 7.36. The summed E-state index contributed by atoms with van der Waals surface area (Å²) in [6, 6.07) is 11.3. The number of carbonyl (C=O) groups is 1. The molecule has 0 radical (unpaired) electrons. The Morgan fingerprint density at radius 1 is 1.03 bits per heavy atom. The highest BCUT2D eigenvalue weighted by atomic mass is 79.9. The van der Waals surface area contributed by atoms with Gasteiger partial charge in [0.05, 0.1) is 10.8 Å². The van der Waals surface area contributed by atoms with Crippen LogP contribution >= 0.6 is 31.9 Å². The van der Waals surface area contributed by atoms with Crippen LogP contribution in [0.5, 0.6) is 0 Å². The summed E-state index contributed by atoms with van der Waals surface area (Å²) >= 11 is 6.87. The third-order valence-corrected chi connectivity index (χ3v) is 7.31. The molecule has 1 atom stereocenters. The van der Waals surface area contributed by atoms with Gasteiger partial charge in [0.15, 0.2) is 0 Å². The summed E-state index contributed by atoms with van der Waals surface area (Å²) in [5.41, 5.74) is 2.39. The van der Waals surface area contributed by atoms with E-state index >= 15 is 0 Å². The number of amides is 1. The fourth-order valence-electron chi connectivity index (χ4n) is 3.38. The molecule has 1 fully saturated rings. The molecule has 2 aromatic carbocycles. The van der Waals surface area contributed by atoms with Crippen LogP contribution in [0.1, 0.15) is 5.56 Å². The van der Waals surface area contributed by atoms with Gasteiger partial charge in [0, 0.05) is 52.3 Å². The molecule has 8 nitrogen and oxygen atoms in total. The van der Waals surface area contributed by atoms with E-state index in [0.717, 1.165) is 38.0 Å². The monoisotopic (exact) mass is 569 g/mol. The van der Waals surface area contributed by atoms with E-state index in [4.69, 9.17) is 4.74 Å². The summed E-state index contributed by atoms with van der Waals surface area (Å²) in [6.07, 6.45) is -0.305. The summed E-state index contributed by atoms with van der Waals surface area (Å²) in [5.74, 6) is 0.533. The number of piperazine rings is 1. The Bertz CT molecular complexity index is 1080. The zero-order valence-corrected chi connectivity index (χ0v) is 20.6. The van der Waals surface area contributed by atoms with Crippen molar-refractivity contribution in [1.82, 2.24) is 25.2 Å². The molecule has 1 aliphatic rings. The van der Waals surface area contributed by atoms with Gasteiger partial charge in [0.2, 0.25) is 0 Å². The van der Waals surface area contributed by atoms with E-state index in [9.17, 15) is 9.00 Å². The van der Waals surface area contributed by atoms with Crippen LogP contribution in [0.15, 0.2) is 50.2 Å². The maximum Gasteiger partial charge on any atom is 0.410 e. The number of nitrogens with one attached hydrogen (secondary N) is 1. The highest BCUT2D eigenvalue weighted by Crippen LogP contribution is 2.21. The van der Waals surface area contributed by atoms with Crippen LogP contribution in [0.25, 0.3) is 11.0 Å². The molecular weight excluding hydrogens is 550 g/mol. The van der Waals surface area contributed by atoms with Gasteiger partial charge >= 0.3 is 6.09 Å². The Hall–Kier alpha value is -1.82. The number of aromatic nitrogens is 3. The minimum absolute atomic E-state index is 0.228. The fraction of sp³-hybridized carbons (Fsp3) is 0.350. The third kappa shape index (κ3) is 5.91. The van der Waals surface area contributed by atoms with Gasteiger partial charge in [-0.15, -0.1) is 0 Å². The second kappa shape index (κ2) is 10.2. The van der Waals surface area contributed by atoms with Gasteiger partial charge in [-0.3, -0.25) is 9.11 Å². The van der Waals surface area contributed by atoms with Crippen molar-refractivity contribution < 1.29 is 13.7 Å². The number of hydrogen-bond acceptors (Lipinski definition) is 6. The number of rotatable bonds is 6. The van der Waals surface area contributed by atoms with Gasteiger partial charge in [0.1, 0.15) is 17.6 Å². The highest BCUT2D eigenvalue weighted by Gasteiger charge is 2.22. The van der Waals surface area contributed by atoms with Gasteiger partial charge in [-0.1, -0.05) is 31.9 Å². The summed E-state index contributed by atoms with van der Waals surface area (Å²) in [6.45, 7) is 3.59. The Balaban J connectivity index is 1.21. The average Bonchev–Trinajstić information content (AvgIpc) is 3.23. The molecule has 1 saturated heterocycles. The molecule has 2 heterocycles. The summed E-state index contributed by atoms with van der Waals surface area (Å²) in [7, 11) is -1.11. The van der Waals surface area contributed by atoms with E-state index in [1.165, 1.54) is 0 Å². The van der Waals surface area contributed by atoms with Gasteiger partial charge in [-0.2, -0.15) is 15.4 Å². The lowest BCUT2D eigenvalue weighted by Crippen LogP contribution is -2.49. The molecule has 4 rings (SSSR count). The Labute approximate surface area is 199 Å². The smallest absolute Gasteiger partial charge is 0.410 e. The fourth-order valence-corrected chi connectivity index (χ4v) is 5.89. The predicted molar refractivity (Wildman–Crippen MR) is 125 cm³/mol. The van der Waals surface area contributed by atoms with Crippen LogP contribution in [0, 0.1) is 0 Å². The molecule has 164 valence electrons. The Morgan fingerprint density at radius 2 is 1.74 bits per heavy atom. The number of carbonyl (C=O) groups excluding carboxylic acids is 1. The van der Waals surface area contributed by atoms with Crippen molar-refractivity contribution in [1.29, 1.82) is 0 Å². The molecule has 1 aromatic heterocycles. The zero-order chi connectivity index (χ0) is 21.8. The molecule has 0 unspecified atom stereocenters. The van der Waals surface area contributed by atoms with Gasteiger partial charge in [-0.25, -0.2) is 4.79 Å². The quantitative estimate of drug-likeness (QED) is 0.487. The molecule has 0 saturated carbocycles. The number of H-pyrrole nitrogens is 1.